The van der Waals surface area contributed by atoms with Crippen LogP contribution in [0.25, 0.3) is 0 Å². The standard InChI is InChI=1S/C12H17Cl2NO/c1-2-3-5-16-6-4-15-12-8-10(13)7-11(14)9-12/h7-9,15H,2-6H2,1H3. The van der Waals surface area contributed by atoms with Crippen LogP contribution in [0.2, 0.25) is 10.0 Å². The molecule has 0 bridgehead atoms. The van der Waals surface area contributed by atoms with Gasteiger partial charge in [0.1, 0.15) is 0 Å². The van der Waals surface area contributed by atoms with Crippen molar-refractivity contribution in [3.8, 4) is 0 Å². The summed E-state index contributed by atoms with van der Waals surface area (Å²) in [6.45, 7) is 4.44. The lowest BCUT2D eigenvalue weighted by Crippen LogP contribution is -2.09. The van der Waals surface area contributed by atoms with Crippen molar-refractivity contribution in [1.29, 1.82) is 0 Å². The van der Waals surface area contributed by atoms with Crippen molar-refractivity contribution in [2.75, 3.05) is 25.1 Å². The summed E-state index contributed by atoms with van der Waals surface area (Å²) >= 11 is 11.8. The van der Waals surface area contributed by atoms with Crippen LogP contribution < -0.4 is 5.32 Å². The Morgan fingerprint density at radius 3 is 2.44 bits per heavy atom. The third-order valence-electron chi connectivity index (χ3n) is 2.08. The molecule has 0 saturated carbocycles. The Labute approximate surface area is 107 Å². The molecule has 4 heteroatoms. The van der Waals surface area contributed by atoms with Gasteiger partial charge in [0.15, 0.2) is 0 Å². The Morgan fingerprint density at radius 2 is 1.81 bits per heavy atom. The molecule has 0 amide bonds. The highest BCUT2D eigenvalue weighted by atomic mass is 35.5. The molecule has 0 aliphatic carbocycles. The van der Waals surface area contributed by atoms with Gasteiger partial charge in [0.2, 0.25) is 0 Å². The van der Waals surface area contributed by atoms with E-state index in [1.54, 1.807) is 6.07 Å². The van der Waals surface area contributed by atoms with Gasteiger partial charge in [-0.15, -0.1) is 0 Å². The van der Waals surface area contributed by atoms with E-state index < -0.39 is 0 Å². The second-order valence-corrected chi connectivity index (χ2v) is 4.42. The molecule has 0 radical (unpaired) electrons. The van der Waals surface area contributed by atoms with E-state index in [1.165, 1.54) is 0 Å². The van der Waals surface area contributed by atoms with Gasteiger partial charge < -0.3 is 10.1 Å². The van der Waals surface area contributed by atoms with Crippen LogP contribution in [0.4, 0.5) is 5.69 Å². The Balaban J connectivity index is 2.21. The molecule has 1 N–H and O–H groups in total. The molecule has 0 aliphatic heterocycles. The maximum absolute atomic E-state index is 5.88. The summed E-state index contributed by atoms with van der Waals surface area (Å²) < 4.78 is 5.43. The van der Waals surface area contributed by atoms with Crippen LogP contribution in [0, 0.1) is 0 Å². The smallest absolute Gasteiger partial charge is 0.0639 e. The first-order valence-electron chi connectivity index (χ1n) is 5.50. The first kappa shape index (κ1) is 13.6. The molecule has 2 nitrogen and oxygen atoms in total. The molecule has 0 heterocycles. The van der Waals surface area contributed by atoms with Gasteiger partial charge in [0.05, 0.1) is 6.61 Å². The number of rotatable bonds is 7. The summed E-state index contributed by atoms with van der Waals surface area (Å²) in [4.78, 5) is 0. The van der Waals surface area contributed by atoms with Crippen molar-refractivity contribution in [2.45, 2.75) is 19.8 Å². The molecule has 0 aliphatic rings. The summed E-state index contributed by atoms with van der Waals surface area (Å²) in [5, 5.41) is 4.49. The van der Waals surface area contributed by atoms with Crippen LogP contribution in [-0.2, 0) is 4.74 Å². The predicted octanol–water partition coefficient (Wildman–Crippen LogP) is 4.22. The van der Waals surface area contributed by atoms with Crippen molar-refractivity contribution in [3.63, 3.8) is 0 Å². The van der Waals surface area contributed by atoms with Gasteiger partial charge in [-0.3, -0.25) is 0 Å². The lowest BCUT2D eigenvalue weighted by atomic mass is 10.3. The molecule has 0 spiro atoms. The quantitative estimate of drug-likeness (QED) is 0.743. The van der Waals surface area contributed by atoms with Crippen molar-refractivity contribution >= 4 is 28.9 Å². The van der Waals surface area contributed by atoms with Gasteiger partial charge in [0.25, 0.3) is 0 Å². The van der Waals surface area contributed by atoms with Crippen LogP contribution >= 0.6 is 23.2 Å². The summed E-state index contributed by atoms with van der Waals surface area (Å²) in [7, 11) is 0. The highest BCUT2D eigenvalue weighted by Gasteiger charge is 1.97. The number of nitrogens with one attached hydrogen (secondary N) is 1. The van der Waals surface area contributed by atoms with Crippen LogP contribution in [-0.4, -0.2) is 19.8 Å². The topological polar surface area (TPSA) is 21.3 Å². The zero-order valence-corrected chi connectivity index (χ0v) is 10.9. The SMILES string of the molecule is CCCCOCCNc1cc(Cl)cc(Cl)c1. The van der Waals surface area contributed by atoms with Crippen molar-refractivity contribution in [2.24, 2.45) is 0 Å². The molecule has 1 rings (SSSR count). The molecule has 0 atom stereocenters. The Bertz CT molecular complexity index is 298. The molecule has 0 unspecified atom stereocenters. The van der Waals surface area contributed by atoms with Gasteiger partial charge in [-0.2, -0.15) is 0 Å². The van der Waals surface area contributed by atoms with E-state index in [9.17, 15) is 0 Å². The van der Waals surface area contributed by atoms with Crippen LogP contribution in [0.3, 0.4) is 0 Å². The largest absolute Gasteiger partial charge is 0.383 e. The van der Waals surface area contributed by atoms with Crippen LogP contribution in [0.15, 0.2) is 18.2 Å². The summed E-state index contributed by atoms with van der Waals surface area (Å²) in [5.74, 6) is 0. The van der Waals surface area contributed by atoms with Gasteiger partial charge >= 0.3 is 0 Å². The molecule has 0 saturated heterocycles. The van der Waals surface area contributed by atoms with E-state index in [4.69, 9.17) is 27.9 Å². The Hall–Kier alpha value is -0.440. The van der Waals surface area contributed by atoms with Crippen LogP contribution in [0.1, 0.15) is 19.8 Å². The second-order valence-electron chi connectivity index (χ2n) is 3.55. The minimum absolute atomic E-state index is 0.641. The zero-order chi connectivity index (χ0) is 11.8. The van der Waals surface area contributed by atoms with Gasteiger partial charge in [-0.05, 0) is 24.6 Å². The molecular weight excluding hydrogens is 245 g/mol. The molecule has 1 aromatic rings. The molecule has 0 aromatic heterocycles. The van der Waals surface area contributed by atoms with Crippen molar-refractivity contribution in [1.82, 2.24) is 0 Å². The normalized spacial score (nSPS) is 10.4. The average Bonchev–Trinajstić information content (AvgIpc) is 2.22. The third-order valence-corrected chi connectivity index (χ3v) is 2.52. The summed E-state index contributed by atoms with van der Waals surface area (Å²) in [5.41, 5.74) is 0.927. The predicted molar refractivity (Wildman–Crippen MR) is 70.7 cm³/mol. The van der Waals surface area contributed by atoms with Crippen LogP contribution in [0.5, 0.6) is 0 Å². The number of halogens is 2. The number of ether oxygens (including phenoxy) is 1. The highest BCUT2D eigenvalue weighted by Crippen LogP contribution is 2.22. The molecule has 90 valence electrons. The Kier molecular flexibility index (Phi) is 6.62. The fraction of sp³-hybridized carbons (Fsp3) is 0.500. The van der Waals surface area contributed by atoms with E-state index in [1.807, 2.05) is 12.1 Å². The average molecular weight is 262 g/mol. The number of hydrogen-bond acceptors (Lipinski definition) is 2. The van der Waals surface area contributed by atoms with E-state index in [2.05, 4.69) is 12.2 Å². The fourth-order valence-electron chi connectivity index (χ4n) is 1.27. The van der Waals surface area contributed by atoms with Gasteiger partial charge in [0, 0.05) is 28.9 Å². The van der Waals surface area contributed by atoms with Crippen molar-refractivity contribution < 1.29 is 4.74 Å². The fourth-order valence-corrected chi connectivity index (χ4v) is 1.80. The lowest BCUT2D eigenvalue weighted by Gasteiger charge is -2.08. The number of anilines is 1. The lowest BCUT2D eigenvalue weighted by molar-refractivity contribution is 0.141. The first-order valence-corrected chi connectivity index (χ1v) is 6.25. The van der Waals surface area contributed by atoms with Gasteiger partial charge in [-0.25, -0.2) is 0 Å². The maximum Gasteiger partial charge on any atom is 0.0639 e. The molecular formula is C12H17Cl2NO. The summed E-state index contributed by atoms with van der Waals surface area (Å²) in [6, 6.07) is 5.41. The number of unbranched alkanes of at least 4 members (excludes halogenated alkanes) is 1. The Morgan fingerprint density at radius 1 is 1.12 bits per heavy atom. The minimum atomic E-state index is 0.641. The minimum Gasteiger partial charge on any atom is -0.383 e. The van der Waals surface area contributed by atoms with Gasteiger partial charge in [-0.1, -0.05) is 36.5 Å². The number of hydrogen-bond donors (Lipinski definition) is 1. The summed E-state index contributed by atoms with van der Waals surface area (Å²) in [6.07, 6.45) is 2.28. The molecule has 0 fully saturated rings. The highest BCUT2D eigenvalue weighted by molar-refractivity contribution is 6.35. The van der Waals surface area contributed by atoms with E-state index in [0.717, 1.165) is 31.7 Å². The zero-order valence-electron chi connectivity index (χ0n) is 9.43. The van der Waals surface area contributed by atoms with E-state index in [0.29, 0.717) is 16.7 Å². The second kappa shape index (κ2) is 7.77. The number of benzene rings is 1. The maximum atomic E-state index is 5.88. The monoisotopic (exact) mass is 261 g/mol. The molecule has 1 aromatic carbocycles. The molecule has 16 heavy (non-hydrogen) atoms. The van der Waals surface area contributed by atoms with E-state index >= 15 is 0 Å². The van der Waals surface area contributed by atoms with E-state index in [-0.39, 0.29) is 0 Å². The first-order chi connectivity index (χ1) is 7.72. The van der Waals surface area contributed by atoms with Crippen molar-refractivity contribution in [3.05, 3.63) is 28.2 Å². The third kappa shape index (κ3) is 5.59.